The summed E-state index contributed by atoms with van der Waals surface area (Å²) in [6.07, 6.45) is 3.56. The van der Waals surface area contributed by atoms with Crippen molar-refractivity contribution in [2.45, 2.75) is 18.2 Å². The van der Waals surface area contributed by atoms with Crippen LogP contribution in [0.2, 0.25) is 0 Å². The average Bonchev–Trinajstić information content (AvgIpc) is 2.78. The highest BCUT2D eigenvalue weighted by Gasteiger charge is 2.18. The maximum Gasteiger partial charge on any atom is 0.263 e. The van der Waals surface area contributed by atoms with Crippen LogP contribution in [0.3, 0.4) is 0 Å². The van der Waals surface area contributed by atoms with Crippen molar-refractivity contribution in [2.24, 2.45) is 0 Å². The fourth-order valence-electron chi connectivity index (χ4n) is 2.64. The number of carbonyl (C=O) groups excluding carboxylic acids is 1. The summed E-state index contributed by atoms with van der Waals surface area (Å²) in [6.45, 7) is 2.48. The summed E-state index contributed by atoms with van der Waals surface area (Å²) in [4.78, 5) is 20.5. The van der Waals surface area contributed by atoms with Crippen LogP contribution in [-0.2, 0) is 10.0 Å². The van der Waals surface area contributed by atoms with Crippen LogP contribution in [0.5, 0.6) is 11.6 Å². The van der Waals surface area contributed by atoms with Crippen molar-refractivity contribution in [2.75, 3.05) is 23.8 Å². The second kappa shape index (κ2) is 9.90. The van der Waals surface area contributed by atoms with Gasteiger partial charge in [0.2, 0.25) is 5.82 Å². The van der Waals surface area contributed by atoms with Crippen LogP contribution in [0.15, 0.2) is 65.8 Å². The van der Waals surface area contributed by atoms with E-state index in [9.17, 15) is 13.2 Å². The predicted molar refractivity (Wildman–Crippen MR) is 116 cm³/mol. The Balaban J connectivity index is 1.74. The Morgan fingerprint density at radius 1 is 1.03 bits per heavy atom. The number of ether oxygens (including phenoxy) is 2. The molecular formula is C21H22N4O5S. The van der Waals surface area contributed by atoms with E-state index in [2.05, 4.69) is 20.0 Å². The molecule has 0 saturated heterocycles. The fraction of sp³-hybridized carbons (Fsp3) is 0.190. The van der Waals surface area contributed by atoms with Crippen molar-refractivity contribution in [1.82, 2.24) is 9.97 Å². The molecule has 0 atom stereocenters. The molecule has 0 aliphatic carbocycles. The van der Waals surface area contributed by atoms with Crippen LogP contribution in [-0.4, -0.2) is 38.0 Å². The summed E-state index contributed by atoms with van der Waals surface area (Å²) in [7, 11) is -2.56. The maximum absolute atomic E-state index is 12.6. The Labute approximate surface area is 180 Å². The van der Waals surface area contributed by atoms with Crippen molar-refractivity contribution in [3.8, 4) is 11.6 Å². The molecule has 0 saturated carbocycles. The lowest BCUT2D eigenvalue weighted by atomic mass is 10.2. The van der Waals surface area contributed by atoms with E-state index < -0.39 is 10.0 Å². The Bertz CT molecular complexity index is 1150. The summed E-state index contributed by atoms with van der Waals surface area (Å²) in [6, 6.07) is 12.7. The molecule has 0 fully saturated rings. The van der Waals surface area contributed by atoms with E-state index >= 15 is 0 Å². The number of amides is 1. The minimum absolute atomic E-state index is 0.00937. The summed E-state index contributed by atoms with van der Waals surface area (Å²) in [5, 5.41) is 2.75. The van der Waals surface area contributed by atoms with E-state index in [1.807, 2.05) is 6.92 Å². The molecule has 0 bridgehead atoms. The zero-order chi connectivity index (χ0) is 22.3. The van der Waals surface area contributed by atoms with Gasteiger partial charge in [-0.25, -0.2) is 18.4 Å². The van der Waals surface area contributed by atoms with Crippen molar-refractivity contribution in [1.29, 1.82) is 0 Å². The Hall–Kier alpha value is -3.66. The van der Waals surface area contributed by atoms with Gasteiger partial charge in [-0.2, -0.15) is 0 Å². The van der Waals surface area contributed by atoms with Crippen LogP contribution < -0.4 is 19.5 Å². The first-order valence-electron chi connectivity index (χ1n) is 9.45. The average molecular weight is 442 g/mol. The van der Waals surface area contributed by atoms with Crippen LogP contribution >= 0.6 is 0 Å². The molecule has 1 amide bonds. The number of nitrogens with one attached hydrogen (secondary N) is 2. The first kappa shape index (κ1) is 22.0. The SMILES string of the molecule is CCCOc1ccccc1C(=O)Nc1ccc(S(=O)(=O)Nc2nccnc2OC)cc1. The first-order chi connectivity index (χ1) is 14.9. The summed E-state index contributed by atoms with van der Waals surface area (Å²) in [5.41, 5.74) is 0.829. The Morgan fingerprint density at radius 3 is 2.45 bits per heavy atom. The van der Waals surface area contributed by atoms with E-state index in [0.717, 1.165) is 6.42 Å². The zero-order valence-electron chi connectivity index (χ0n) is 17.0. The summed E-state index contributed by atoms with van der Waals surface area (Å²) < 4.78 is 38.2. The zero-order valence-corrected chi connectivity index (χ0v) is 17.8. The molecule has 0 unspecified atom stereocenters. The number of sulfonamides is 1. The molecule has 3 aromatic rings. The highest BCUT2D eigenvalue weighted by Crippen LogP contribution is 2.23. The molecule has 10 heteroatoms. The topological polar surface area (TPSA) is 120 Å². The molecule has 31 heavy (non-hydrogen) atoms. The standard InChI is InChI=1S/C21H22N4O5S/c1-3-14-30-18-7-5-4-6-17(18)20(26)24-15-8-10-16(11-9-15)31(27,28)25-19-21(29-2)23-13-12-22-19/h4-13H,3,14H2,1-2H3,(H,22,25)(H,24,26). The van der Waals surface area contributed by atoms with Gasteiger partial charge >= 0.3 is 0 Å². The van der Waals surface area contributed by atoms with Gasteiger partial charge in [-0.05, 0) is 42.8 Å². The number of anilines is 2. The normalized spacial score (nSPS) is 10.9. The molecule has 162 valence electrons. The molecule has 9 nitrogen and oxygen atoms in total. The van der Waals surface area contributed by atoms with Crippen LogP contribution in [0, 0.1) is 0 Å². The van der Waals surface area contributed by atoms with E-state index in [1.165, 1.54) is 43.8 Å². The number of aromatic nitrogens is 2. The number of hydrogen-bond donors (Lipinski definition) is 2. The molecule has 0 spiro atoms. The molecular weight excluding hydrogens is 420 g/mol. The highest BCUT2D eigenvalue weighted by molar-refractivity contribution is 7.92. The lowest BCUT2D eigenvalue weighted by Crippen LogP contribution is -2.16. The largest absolute Gasteiger partial charge is 0.493 e. The number of hydrogen-bond acceptors (Lipinski definition) is 7. The van der Waals surface area contributed by atoms with E-state index in [4.69, 9.17) is 9.47 Å². The van der Waals surface area contributed by atoms with Gasteiger partial charge < -0.3 is 14.8 Å². The first-order valence-corrected chi connectivity index (χ1v) is 10.9. The van der Waals surface area contributed by atoms with Gasteiger partial charge in [-0.3, -0.25) is 9.52 Å². The number of rotatable bonds is 9. The van der Waals surface area contributed by atoms with Gasteiger partial charge in [0.15, 0.2) is 0 Å². The van der Waals surface area contributed by atoms with Gasteiger partial charge in [0.05, 0.1) is 24.2 Å². The number of para-hydroxylation sites is 1. The van der Waals surface area contributed by atoms with Gasteiger partial charge in [0.25, 0.3) is 21.8 Å². The second-order valence-electron chi connectivity index (χ2n) is 6.34. The highest BCUT2D eigenvalue weighted by atomic mass is 32.2. The molecule has 1 aromatic heterocycles. The van der Waals surface area contributed by atoms with Gasteiger partial charge in [-0.15, -0.1) is 0 Å². The maximum atomic E-state index is 12.6. The van der Waals surface area contributed by atoms with Crippen LogP contribution in [0.4, 0.5) is 11.5 Å². The van der Waals surface area contributed by atoms with Gasteiger partial charge in [0.1, 0.15) is 5.75 Å². The van der Waals surface area contributed by atoms with E-state index in [1.54, 1.807) is 24.3 Å². The number of nitrogens with zero attached hydrogens (tertiary/aromatic N) is 2. The Kier molecular flexibility index (Phi) is 7.03. The molecule has 0 radical (unpaired) electrons. The quantitative estimate of drug-likeness (QED) is 0.522. The van der Waals surface area contributed by atoms with E-state index in [-0.39, 0.29) is 22.5 Å². The second-order valence-corrected chi connectivity index (χ2v) is 8.03. The molecule has 0 aliphatic heterocycles. The third kappa shape index (κ3) is 5.48. The van der Waals surface area contributed by atoms with Crippen molar-refractivity contribution in [3.63, 3.8) is 0 Å². The van der Waals surface area contributed by atoms with E-state index in [0.29, 0.717) is 23.6 Å². The molecule has 2 aromatic carbocycles. The minimum atomic E-state index is -3.93. The number of methoxy groups -OCH3 is 1. The molecule has 2 N–H and O–H groups in total. The van der Waals surface area contributed by atoms with Gasteiger partial charge in [0, 0.05) is 18.1 Å². The summed E-state index contributed by atoms with van der Waals surface area (Å²) in [5.74, 6) is 0.165. The monoisotopic (exact) mass is 442 g/mol. The lowest BCUT2D eigenvalue weighted by Gasteiger charge is -2.12. The number of benzene rings is 2. The van der Waals surface area contributed by atoms with Crippen LogP contribution in [0.1, 0.15) is 23.7 Å². The fourth-order valence-corrected chi connectivity index (χ4v) is 3.65. The minimum Gasteiger partial charge on any atom is -0.493 e. The van der Waals surface area contributed by atoms with Crippen molar-refractivity contribution < 1.29 is 22.7 Å². The smallest absolute Gasteiger partial charge is 0.263 e. The lowest BCUT2D eigenvalue weighted by molar-refractivity contribution is 0.102. The van der Waals surface area contributed by atoms with Crippen molar-refractivity contribution in [3.05, 3.63) is 66.5 Å². The van der Waals surface area contributed by atoms with Gasteiger partial charge in [-0.1, -0.05) is 19.1 Å². The predicted octanol–water partition coefficient (Wildman–Crippen LogP) is 3.33. The van der Waals surface area contributed by atoms with Crippen molar-refractivity contribution >= 4 is 27.4 Å². The molecule has 0 aliphatic rings. The van der Waals surface area contributed by atoms with Crippen LogP contribution in [0.25, 0.3) is 0 Å². The third-order valence-corrected chi connectivity index (χ3v) is 5.46. The number of carbonyl (C=O) groups is 1. The Morgan fingerprint density at radius 2 is 1.74 bits per heavy atom. The summed E-state index contributed by atoms with van der Waals surface area (Å²) >= 11 is 0. The third-order valence-electron chi connectivity index (χ3n) is 4.10. The molecule has 1 heterocycles. The molecule has 3 rings (SSSR count).